The molecule has 1 rings (SSSR count). The fourth-order valence-electron chi connectivity index (χ4n) is 0.211. The summed E-state index contributed by atoms with van der Waals surface area (Å²) in [4.78, 5) is 0. The Kier molecular flexibility index (Phi) is 0.837. The molecule has 0 fully saturated rings. The molecule has 0 aliphatic rings. The van der Waals surface area contributed by atoms with Crippen molar-refractivity contribution in [1.82, 2.24) is 9.59 Å². The Balaban J connectivity index is 3.05. The lowest BCUT2D eigenvalue weighted by Gasteiger charge is -1.61. The van der Waals surface area contributed by atoms with Gasteiger partial charge in [0.2, 0.25) is 0 Å². The van der Waals surface area contributed by atoms with E-state index in [9.17, 15) is 0 Å². The van der Waals surface area contributed by atoms with Crippen LogP contribution in [0.1, 0.15) is 5.69 Å². The third-order valence-corrected chi connectivity index (χ3v) is 1.09. The van der Waals surface area contributed by atoms with Crippen molar-refractivity contribution in [1.29, 1.82) is 0 Å². The summed E-state index contributed by atoms with van der Waals surface area (Å²) in [6.45, 7) is 1.92. The fraction of sp³-hybridized carbons (Fsp3) is 0.333. The van der Waals surface area contributed by atoms with Gasteiger partial charge in [0.05, 0.1) is 5.69 Å². The Hall–Kier alpha value is -0.440. The number of hydrogen-bond donors (Lipinski definition) is 0. The van der Waals surface area contributed by atoms with E-state index in [1.165, 1.54) is 11.5 Å². The van der Waals surface area contributed by atoms with E-state index in [2.05, 4.69) is 9.59 Å². The highest BCUT2D eigenvalue weighted by Gasteiger charge is 1.78. The molecule has 0 N–H and O–H groups in total. The lowest BCUT2D eigenvalue weighted by molar-refractivity contribution is 1.09. The fourth-order valence-corrected chi connectivity index (χ4v) is 0.634. The zero-order valence-corrected chi connectivity index (χ0v) is 4.20. The molecular weight excluding hydrogens is 96.1 g/mol. The first-order chi connectivity index (χ1) is 2.89. The Morgan fingerprint density at radius 1 is 1.83 bits per heavy atom. The minimum absolute atomic E-state index is 1.00. The van der Waals surface area contributed by atoms with Crippen LogP contribution in [0.15, 0.2) is 5.38 Å². The topological polar surface area (TPSA) is 25.8 Å². The van der Waals surface area contributed by atoms with E-state index in [-0.39, 0.29) is 0 Å². The lowest BCUT2D eigenvalue weighted by atomic mass is 10.6. The van der Waals surface area contributed by atoms with E-state index in [0.717, 1.165) is 5.69 Å². The number of rotatable bonds is 0. The Morgan fingerprint density at radius 2 is 2.67 bits per heavy atom. The van der Waals surface area contributed by atoms with Crippen LogP contribution in [0.3, 0.4) is 0 Å². The van der Waals surface area contributed by atoms with Crippen molar-refractivity contribution in [2.45, 2.75) is 6.92 Å². The van der Waals surface area contributed by atoms with E-state index in [1.54, 1.807) is 0 Å². The van der Waals surface area contributed by atoms with Gasteiger partial charge in [0.1, 0.15) is 0 Å². The van der Waals surface area contributed by atoms with Gasteiger partial charge in [-0.15, -0.1) is 5.10 Å². The maximum atomic E-state index is 3.69. The molecule has 0 radical (unpaired) electrons. The van der Waals surface area contributed by atoms with Crippen molar-refractivity contribution >= 4 is 11.5 Å². The highest BCUT2D eigenvalue weighted by Crippen LogP contribution is 1.90. The molecule has 1 aromatic rings. The van der Waals surface area contributed by atoms with Crippen molar-refractivity contribution in [2.24, 2.45) is 0 Å². The van der Waals surface area contributed by atoms with Gasteiger partial charge in [0.25, 0.3) is 0 Å². The van der Waals surface area contributed by atoms with Crippen LogP contribution in [0.25, 0.3) is 0 Å². The maximum absolute atomic E-state index is 3.69. The molecule has 0 aliphatic carbocycles. The summed E-state index contributed by atoms with van der Waals surface area (Å²) in [5.74, 6) is 0. The van der Waals surface area contributed by atoms with E-state index < -0.39 is 0 Å². The number of hydrogen-bond acceptors (Lipinski definition) is 3. The lowest BCUT2D eigenvalue weighted by Crippen LogP contribution is -1.64. The van der Waals surface area contributed by atoms with Gasteiger partial charge in [-0.25, -0.2) is 0 Å². The van der Waals surface area contributed by atoms with Crippen molar-refractivity contribution in [3.8, 4) is 0 Å². The van der Waals surface area contributed by atoms with Gasteiger partial charge < -0.3 is 0 Å². The maximum Gasteiger partial charge on any atom is 0.0724 e. The van der Waals surface area contributed by atoms with Crippen LogP contribution in [0.2, 0.25) is 0 Å². The SMILES string of the molecule is Cc1csnn1. The van der Waals surface area contributed by atoms with E-state index in [4.69, 9.17) is 0 Å². The molecular formula is C3H4N2S. The molecule has 0 bridgehead atoms. The molecule has 0 spiro atoms. The molecule has 0 unspecified atom stereocenters. The highest BCUT2D eigenvalue weighted by atomic mass is 32.1. The predicted molar refractivity (Wildman–Crippen MR) is 24.6 cm³/mol. The van der Waals surface area contributed by atoms with Crippen LogP contribution in [0, 0.1) is 6.92 Å². The van der Waals surface area contributed by atoms with Crippen LogP contribution < -0.4 is 0 Å². The Labute approximate surface area is 40.0 Å². The van der Waals surface area contributed by atoms with Gasteiger partial charge in [-0.3, -0.25) is 0 Å². The van der Waals surface area contributed by atoms with Crippen LogP contribution >= 0.6 is 11.5 Å². The molecule has 3 heteroatoms. The standard InChI is InChI=1S/C3H4N2S/c1-3-2-6-5-4-3/h2H,1H3. The zero-order valence-electron chi connectivity index (χ0n) is 3.38. The molecule has 0 atom stereocenters. The monoisotopic (exact) mass is 100 g/mol. The summed E-state index contributed by atoms with van der Waals surface area (Å²) in [7, 11) is 0. The average Bonchev–Trinajstić information content (AvgIpc) is 1.86. The van der Waals surface area contributed by atoms with Crippen LogP contribution in [-0.4, -0.2) is 9.59 Å². The quantitative estimate of drug-likeness (QED) is 0.483. The molecule has 0 saturated carbocycles. The average molecular weight is 100 g/mol. The largest absolute Gasteiger partial charge is 0.143 e. The summed E-state index contributed by atoms with van der Waals surface area (Å²) in [5, 5.41) is 5.59. The molecule has 0 aromatic carbocycles. The van der Waals surface area contributed by atoms with Crippen molar-refractivity contribution in [3.63, 3.8) is 0 Å². The third kappa shape index (κ3) is 0.542. The summed E-state index contributed by atoms with van der Waals surface area (Å²) in [5.41, 5.74) is 1.00. The van der Waals surface area contributed by atoms with Crippen molar-refractivity contribution in [2.75, 3.05) is 0 Å². The molecule has 1 aromatic heterocycles. The summed E-state index contributed by atoms with van der Waals surface area (Å²) >= 11 is 1.38. The van der Waals surface area contributed by atoms with Crippen molar-refractivity contribution < 1.29 is 0 Å². The minimum atomic E-state index is 1.00. The molecule has 1 heterocycles. The third-order valence-electron chi connectivity index (χ3n) is 0.469. The summed E-state index contributed by atoms with van der Waals surface area (Å²) in [6, 6.07) is 0. The van der Waals surface area contributed by atoms with Crippen LogP contribution in [0.4, 0.5) is 0 Å². The van der Waals surface area contributed by atoms with Gasteiger partial charge in [-0.05, 0) is 18.5 Å². The minimum Gasteiger partial charge on any atom is -0.143 e. The number of nitrogens with zero attached hydrogens (tertiary/aromatic N) is 2. The molecule has 2 nitrogen and oxygen atoms in total. The number of aryl methyl sites for hydroxylation is 1. The Morgan fingerprint density at radius 3 is 2.83 bits per heavy atom. The number of aromatic nitrogens is 2. The summed E-state index contributed by atoms with van der Waals surface area (Å²) in [6.07, 6.45) is 0. The first kappa shape index (κ1) is 3.74. The molecule has 6 heavy (non-hydrogen) atoms. The van der Waals surface area contributed by atoms with Gasteiger partial charge in [-0.2, -0.15) is 0 Å². The normalized spacial score (nSPS) is 8.83. The van der Waals surface area contributed by atoms with Crippen molar-refractivity contribution in [3.05, 3.63) is 11.1 Å². The van der Waals surface area contributed by atoms with Gasteiger partial charge in [0.15, 0.2) is 0 Å². The zero-order chi connectivity index (χ0) is 4.41. The second kappa shape index (κ2) is 1.34. The molecule has 0 aliphatic heterocycles. The second-order valence-electron chi connectivity index (χ2n) is 1.05. The van der Waals surface area contributed by atoms with Gasteiger partial charge in [-0.1, -0.05) is 4.49 Å². The predicted octanol–water partition coefficient (Wildman–Crippen LogP) is 0.847. The Bertz CT molecular complexity index is 112. The van der Waals surface area contributed by atoms with E-state index >= 15 is 0 Å². The van der Waals surface area contributed by atoms with Crippen LogP contribution in [-0.2, 0) is 0 Å². The van der Waals surface area contributed by atoms with Crippen LogP contribution in [0.5, 0.6) is 0 Å². The van der Waals surface area contributed by atoms with Gasteiger partial charge >= 0.3 is 0 Å². The highest BCUT2D eigenvalue weighted by molar-refractivity contribution is 7.03. The van der Waals surface area contributed by atoms with Gasteiger partial charge in [0, 0.05) is 5.38 Å². The van der Waals surface area contributed by atoms with E-state index in [1.807, 2.05) is 12.3 Å². The molecule has 0 amide bonds. The molecule has 32 valence electrons. The second-order valence-corrected chi connectivity index (χ2v) is 1.66. The molecule has 0 saturated heterocycles. The smallest absolute Gasteiger partial charge is 0.0724 e. The summed E-state index contributed by atoms with van der Waals surface area (Å²) < 4.78 is 3.61. The first-order valence-corrected chi connectivity index (χ1v) is 2.47. The first-order valence-electron chi connectivity index (χ1n) is 1.63. The van der Waals surface area contributed by atoms with E-state index in [0.29, 0.717) is 0 Å².